The van der Waals surface area contributed by atoms with Gasteiger partial charge >= 0.3 is 0 Å². The quantitative estimate of drug-likeness (QED) is 0.874. The van der Waals surface area contributed by atoms with Crippen LogP contribution < -0.4 is 5.32 Å². The van der Waals surface area contributed by atoms with Gasteiger partial charge in [-0.05, 0) is 31.5 Å². The Kier molecular flexibility index (Phi) is 6.37. The Bertz CT molecular complexity index is 590. The van der Waals surface area contributed by atoms with E-state index in [0.29, 0.717) is 12.3 Å². The molecular weight excluding hydrogens is 334 g/mol. The van der Waals surface area contributed by atoms with Crippen LogP contribution in [-0.4, -0.2) is 59.6 Å². The molecule has 1 aromatic rings. The molecule has 2 atom stereocenters. The van der Waals surface area contributed by atoms with E-state index in [-0.39, 0.29) is 23.2 Å². The zero-order chi connectivity index (χ0) is 17.6. The van der Waals surface area contributed by atoms with Gasteiger partial charge in [0.15, 0.2) is 0 Å². The van der Waals surface area contributed by atoms with Gasteiger partial charge in [0.05, 0.1) is 0 Å². The van der Waals surface area contributed by atoms with Gasteiger partial charge in [-0.15, -0.1) is 11.8 Å². The Morgan fingerprint density at radius 2 is 1.88 bits per heavy atom. The van der Waals surface area contributed by atoms with E-state index in [1.54, 1.807) is 23.6 Å². The predicted molar refractivity (Wildman–Crippen MR) is 101 cm³/mol. The van der Waals surface area contributed by atoms with E-state index in [9.17, 15) is 9.59 Å². The molecule has 6 heteroatoms. The molecule has 5 nitrogen and oxygen atoms in total. The topological polar surface area (TPSA) is 52.7 Å². The number of carbonyl (C=O) groups excluding carboxylic acids is 2. The van der Waals surface area contributed by atoms with Gasteiger partial charge in [0.25, 0.3) is 0 Å². The first-order valence-corrected chi connectivity index (χ1v) is 10.2. The van der Waals surface area contributed by atoms with E-state index in [4.69, 9.17) is 0 Å². The fourth-order valence-electron chi connectivity index (χ4n) is 3.61. The summed E-state index contributed by atoms with van der Waals surface area (Å²) in [4.78, 5) is 29.0. The SMILES string of the molecule is CC(=O)N1C(C(=O)NCCN2CCCCC2)CSC1c1ccccc1. The molecule has 0 bridgehead atoms. The molecule has 0 saturated carbocycles. The Morgan fingerprint density at radius 3 is 2.56 bits per heavy atom. The van der Waals surface area contributed by atoms with Gasteiger partial charge in [0.2, 0.25) is 11.8 Å². The third-order valence-corrected chi connectivity index (χ3v) is 6.25. The molecule has 1 aromatic carbocycles. The van der Waals surface area contributed by atoms with Crippen LogP contribution in [0.2, 0.25) is 0 Å². The molecule has 0 spiro atoms. The molecule has 2 heterocycles. The summed E-state index contributed by atoms with van der Waals surface area (Å²) in [6.45, 7) is 5.36. The summed E-state index contributed by atoms with van der Waals surface area (Å²) in [7, 11) is 0. The number of likely N-dealkylation sites (tertiary alicyclic amines) is 1. The fraction of sp³-hybridized carbons (Fsp3) is 0.579. The third-order valence-electron chi connectivity index (χ3n) is 4.93. The number of hydrogen-bond donors (Lipinski definition) is 1. The normalized spacial score (nSPS) is 24.3. The summed E-state index contributed by atoms with van der Waals surface area (Å²) < 4.78 is 0. The first-order chi connectivity index (χ1) is 12.2. The van der Waals surface area contributed by atoms with Crippen LogP contribution in [0.1, 0.15) is 37.1 Å². The number of hydrogen-bond acceptors (Lipinski definition) is 4. The standard InChI is InChI=1S/C19H27N3O2S/c1-15(23)22-17(14-25-19(22)16-8-4-2-5-9-16)18(24)20-10-13-21-11-6-3-7-12-21/h2,4-5,8-9,17,19H,3,6-7,10-14H2,1H3,(H,20,24). The van der Waals surface area contributed by atoms with Gasteiger partial charge in [0, 0.05) is 25.8 Å². The molecule has 1 N–H and O–H groups in total. The van der Waals surface area contributed by atoms with Crippen molar-refractivity contribution in [1.82, 2.24) is 15.1 Å². The van der Waals surface area contributed by atoms with E-state index in [1.165, 1.54) is 19.3 Å². The lowest BCUT2D eigenvalue weighted by Gasteiger charge is -2.29. The average Bonchev–Trinajstić information content (AvgIpc) is 3.09. The van der Waals surface area contributed by atoms with Crippen LogP contribution in [0.4, 0.5) is 0 Å². The largest absolute Gasteiger partial charge is 0.353 e. The van der Waals surface area contributed by atoms with E-state index < -0.39 is 0 Å². The smallest absolute Gasteiger partial charge is 0.243 e. The molecule has 2 aliphatic rings. The molecule has 0 aliphatic carbocycles. The van der Waals surface area contributed by atoms with Crippen LogP contribution in [0.25, 0.3) is 0 Å². The van der Waals surface area contributed by atoms with Crippen molar-refractivity contribution in [3.8, 4) is 0 Å². The number of amides is 2. The molecule has 2 saturated heterocycles. The Hall–Kier alpha value is -1.53. The van der Waals surface area contributed by atoms with Crippen molar-refractivity contribution in [2.24, 2.45) is 0 Å². The summed E-state index contributed by atoms with van der Waals surface area (Å²) in [5.41, 5.74) is 1.08. The molecule has 2 aliphatic heterocycles. The van der Waals surface area contributed by atoms with Crippen molar-refractivity contribution in [2.75, 3.05) is 31.9 Å². The van der Waals surface area contributed by atoms with Crippen molar-refractivity contribution in [2.45, 2.75) is 37.6 Å². The lowest BCUT2D eigenvalue weighted by molar-refractivity contribution is -0.138. The lowest BCUT2D eigenvalue weighted by atomic mass is 10.1. The van der Waals surface area contributed by atoms with Gasteiger partial charge in [-0.3, -0.25) is 9.59 Å². The highest BCUT2D eigenvalue weighted by molar-refractivity contribution is 7.99. The molecule has 25 heavy (non-hydrogen) atoms. The van der Waals surface area contributed by atoms with Crippen LogP contribution in [0, 0.1) is 0 Å². The number of carbonyl (C=O) groups is 2. The second kappa shape index (κ2) is 8.72. The van der Waals surface area contributed by atoms with E-state index in [2.05, 4.69) is 10.2 Å². The first kappa shape index (κ1) is 18.3. The minimum Gasteiger partial charge on any atom is -0.353 e. The summed E-state index contributed by atoms with van der Waals surface area (Å²) >= 11 is 1.66. The Labute approximate surface area is 154 Å². The molecule has 3 rings (SSSR count). The molecular formula is C19H27N3O2S. The summed E-state index contributed by atoms with van der Waals surface area (Å²) in [6, 6.07) is 9.56. The summed E-state index contributed by atoms with van der Waals surface area (Å²) in [5, 5.41) is 2.97. The molecule has 136 valence electrons. The van der Waals surface area contributed by atoms with Crippen LogP contribution in [0.3, 0.4) is 0 Å². The second-order valence-electron chi connectivity index (χ2n) is 6.73. The van der Waals surface area contributed by atoms with Crippen LogP contribution in [0.5, 0.6) is 0 Å². The number of benzene rings is 1. The van der Waals surface area contributed by atoms with Crippen molar-refractivity contribution in [1.29, 1.82) is 0 Å². The van der Waals surface area contributed by atoms with Crippen molar-refractivity contribution >= 4 is 23.6 Å². The van der Waals surface area contributed by atoms with Gasteiger partial charge in [0.1, 0.15) is 11.4 Å². The maximum atomic E-state index is 12.6. The average molecular weight is 362 g/mol. The first-order valence-electron chi connectivity index (χ1n) is 9.12. The Morgan fingerprint density at radius 1 is 1.16 bits per heavy atom. The molecule has 2 amide bonds. The van der Waals surface area contributed by atoms with E-state index in [0.717, 1.165) is 25.2 Å². The highest BCUT2D eigenvalue weighted by atomic mass is 32.2. The number of nitrogens with one attached hydrogen (secondary N) is 1. The summed E-state index contributed by atoms with van der Waals surface area (Å²) in [6.07, 6.45) is 3.82. The monoisotopic (exact) mass is 361 g/mol. The zero-order valence-corrected chi connectivity index (χ0v) is 15.6. The van der Waals surface area contributed by atoms with Crippen molar-refractivity contribution in [3.63, 3.8) is 0 Å². The number of rotatable bonds is 5. The van der Waals surface area contributed by atoms with Crippen LogP contribution >= 0.6 is 11.8 Å². The maximum absolute atomic E-state index is 12.6. The van der Waals surface area contributed by atoms with Crippen LogP contribution in [0.15, 0.2) is 30.3 Å². The van der Waals surface area contributed by atoms with Crippen molar-refractivity contribution in [3.05, 3.63) is 35.9 Å². The minimum absolute atomic E-state index is 0.0295. The molecule has 0 aromatic heterocycles. The lowest BCUT2D eigenvalue weighted by Crippen LogP contribution is -2.48. The van der Waals surface area contributed by atoms with Gasteiger partial charge < -0.3 is 15.1 Å². The van der Waals surface area contributed by atoms with Crippen molar-refractivity contribution < 1.29 is 9.59 Å². The second-order valence-corrected chi connectivity index (χ2v) is 7.84. The number of nitrogens with zero attached hydrogens (tertiary/aromatic N) is 2. The number of piperidine rings is 1. The molecule has 0 radical (unpaired) electrons. The zero-order valence-electron chi connectivity index (χ0n) is 14.8. The molecule has 2 unspecified atom stereocenters. The summed E-state index contributed by atoms with van der Waals surface area (Å²) in [5.74, 6) is 0.572. The maximum Gasteiger partial charge on any atom is 0.243 e. The highest BCUT2D eigenvalue weighted by Crippen LogP contribution is 2.41. The van der Waals surface area contributed by atoms with Gasteiger partial charge in [-0.25, -0.2) is 0 Å². The van der Waals surface area contributed by atoms with Gasteiger partial charge in [-0.1, -0.05) is 36.8 Å². The van der Waals surface area contributed by atoms with E-state index >= 15 is 0 Å². The van der Waals surface area contributed by atoms with Gasteiger partial charge in [-0.2, -0.15) is 0 Å². The number of thioether (sulfide) groups is 1. The predicted octanol–water partition coefficient (Wildman–Crippen LogP) is 2.25. The fourth-order valence-corrected chi connectivity index (χ4v) is 5.09. The third kappa shape index (κ3) is 4.55. The highest BCUT2D eigenvalue weighted by Gasteiger charge is 2.40. The van der Waals surface area contributed by atoms with Crippen LogP contribution in [-0.2, 0) is 9.59 Å². The van der Waals surface area contributed by atoms with E-state index in [1.807, 2.05) is 30.3 Å². The Balaban J connectivity index is 1.57. The minimum atomic E-state index is -0.380. The molecule has 2 fully saturated rings.